The lowest BCUT2D eigenvalue weighted by Gasteiger charge is -1.95. The van der Waals surface area contributed by atoms with Gasteiger partial charge in [0.25, 0.3) is 0 Å². The van der Waals surface area contributed by atoms with Crippen LogP contribution in [0.5, 0.6) is 0 Å². The number of aromatic nitrogens is 2. The smallest absolute Gasteiger partial charge is 0.152 e. The van der Waals surface area contributed by atoms with Gasteiger partial charge in [-0.05, 0) is 22.6 Å². The van der Waals surface area contributed by atoms with Gasteiger partial charge in [-0.25, -0.2) is 13.8 Å². The zero-order valence-electron chi connectivity index (χ0n) is 5.76. The molecule has 0 saturated carbocycles. The Morgan fingerprint density at radius 2 is 2.17 bits per heavy atom. The van der Waals surface area contributed by atoms with Crippen LogP contribution in [-0.4, -0.2) is 9.38 Å². The van der Waals surface area contributed by atoms with Gasteiger partial charge in [0.05, 0.1) is 0 Å². The summed E-state index contributed by atoms with van der Waals surface area (Å²) < 4.78 is 27.5. The van der Waals surface area contributed by atoms with Crippen molar-refractivity contribution in [1.29, 1.82) is 0 Å². The molecule has 0 amide bonds. The van der Waals surface area contributed by atoms with Crippen molar-refractivity contribution >= 4 is 28.1 Å². The molecule has 2 aromatic rings. The van der Waals surface area contributed by atoms with Crippen molar-refractivity contribution < 1.29 is 8.78 Å². The first-order valence-corrected chi connectivity index (χ1v) is 4.23. The van der Waals surface area contributed by atoms with E-state index in [2.05, 4.69) is 4.98 Å². The van der Waals surface area contributed by atoms with E-state index in [0.29, 0.717) is 9.22 Å². The van der Waals surface area contributed by atoms with Crippen LogP contribution < -0.4 is 0 Å². The number of hydrogen-bond donors (Lipinski definition) is 0. The van der Waals surface area contributed by atoms with E-state index in [1.165, 1.54) is 16.9 Å². The second-order valence-electron chi connectivity index (χ2n) is 2.30. The molecule has 62 valence electrons. The summed E-state index contributed by atoms with van der Waals surface area (Å²) in [5, 5.41) is 0. The molecule has 0 bridgehead atoms. The molecule has 0 aliphatic rings. The molecule has 2 rings (SSSR count). The molecule has 0 fully saturated rings. The average molecular weight is 280 g/mol. The van der Waals surface area contributed by atoms with Crippen LogP contribution >= 0.6 is 22.6 Å². The predicted molar refractivity (Wildman–Crippen MR) is 47.8 cm³/mol. The lowest BCUT2D eigenvalue weighted by Crippen LogP contribution is -1.89. The van der Waals surface area contributed by atoms with Crippen molar-refractivity contribution in [3.8, 4) is 0 Å². The quantitative estimate of drug-likeness (QED) is 0.676. The van der Waals surface area contributed by atoms with Gasteiger partial charge in [0.2, 0.25) is 0 Å². The lowest BCUT2D eigenvalue weighted by atomic mass is 10.4. The van der Waals surface area contributed by atoms with Crippen molar-refractivity contribution in [2.75, 3.05) is 0 Å². The number of imidazole rings is 1. The molecule has 0 radical (unpaired) electrons. The highest BCUT2D eigenvalue weighted by molar-refractivity contribution is 14.1. The largest absolute Gasteiger partial charge is 0.300 e. The molecule has 0 saturated heterocycles. The summed E-state index contributed by atoms with van der Waals surface area (Å²) in [5.41, 5.74) is 0.317. The fourth-order valence-corrected chi connectivity index (χ4v) is 1.68. The maximum absolute atomic E-state index is 13.0. The van der Waals surface area contributed by atoms with E-state index in [9.17, 15) is 8.78 Å². The van der Waals surface area contributed by atoms with Gasteiger partial charge >= 0.3 is 0 Å². The standard InChI is InChI=1S/C7H3F2IN2/c8-4-1-5(9)6-7(10)11-3-12(6)2-4/h1-3H. The van der Waals surface area contributed by atoms with Crippen LogP contribution in [0.1, 0.15) is 0 Å². The zero-order chi connectivity index (χ0) is 8.72. The molecule has 0 aliphatic carbocycles. The van der Waals surface area contributed by atoms with E-state index in [1.807, 2.05) is 22.6 Å². The van der Waals surface area contributed by atoms with Crippen LogP contribution in [0.3, 0.4) is 0 Å². The van der Waals surface area contributed by atoms with Gasteiger partial charge in [0, 0.05) is 12.3 Å². The Balaban J connectivity index is 2.93. The molecule has 2 nitrogen and oxygen atoms in total. The van der Waals surface area contributed by atoms with Gasteiger partial charge in [0.15, 0.2) is 5.82 Å². The van der Waals surface area contributed by atoms with Crippen molar-refractivity contribution in [3.05, 3.63) is 33.9 Å². The van der Waals surface area contributed by atoms with E-state index < -0.39 is 11.6 Å². The topological polar surface area (TPSA) is 17.3 Å². The number of nitrogens with zero attached hydrogens (tertiary/aromatic N) is 2. The molecule has 12 heavy (non-hydrogen) atoms. The molecule has 0 unspecified atom stereocenters. The Labute approximate surface area is 80.4 Å². The van der Waals surface area contributed by atoms with E-state index in [4.69, 9.17) is 0 Å². The van der Waals surface area contributed by atoms with Gasteiger partial charge in [-0.3, -0.25) is 4.40 Å². The third-order valence-electron chi connectivity index (χ3n) is 1.50. The van der Waals surface area contributed by atoms with Crippen LogP contribution in [0, 0.1) is 15.3 Å². The van der Waals surface area contributed by atoms with Gasteiger partial charge < -0.3 is 0 Å². The highest BCUT2D eigenvalue weighted by Crippen LogP contribution is 2.16. The first kappa shape index (κ1) is 7.90. The molecule has 0 N–H and O–H groups in total. The van der Waals surface area contributed by atoms with Crippen LogP contribution in [-0.2, 0) is 0 Å². The molecular weight excluding hydrogens is 277 g/mol. The van der Waals surface area contributed by atoms with Gasteiger partial charge in [-0.15, -0.1) is 0 Å². The second-order valence-corrected chi connectivity index (χ2v) is 3.32. The fraction of sp³-hybridized carbons (Fsp3) is 0. The number of halogens is 3. The van der Waals surface area contributed by atoms with Crippen LogP contribution in [0.2, 0.25) is 0 Å². The minimum Gasteiger partial charge on any atom is -0.300 e. The maximum atomic E-state index is 13.0. The van der Waals surface area contributed by atoms with Crippen molar-refractivity contribution in [2.45, 2.75) is 0 Å². The van der Waals surface area contributed by atoms with E-state index >= 15 is 0 Å². The average Bonchev–Trinajstić information content (AvgIpc) is 2.31. The monoisotopic (exact) mass is 280 g/mol. The second kappa shape index (κ2) is 2.65. The summed E-state index contributed by atoms with van der Waals surface area (Å²) in [6.45, 7) is 0. The summed E-state index contributed by atoms with van der Waals surface area (Å²) in [6.07, 6.45) is 2.57. The maximum Gasteiger partial charge on any atom is 0.152 e. The predicted octanol–water partition coefficient (Wildman–Crippen LogP) is 2.22. The van der Waals surface area contributed by atoms with Crippen molar-refractivity contribution in [2.24, 2.45) is 0 Å². The van der Waals surface area contributed by atoms with Crippen LogP contribution in [0.15, 0.2) is 18.6 Å². The van der Waals surface area contributed by atoms with E-state index in [0.717, 1.165) is 6.07 Å². The molecule has 2 aromatic heterocycles. The summed E-state index contributed by atoms with van der Waals surface area (Å²) in [6, 6.07) is 0.846. The van der Waals surface area contributed by atoms with Crippen molar-refractivity contribution in [1.82, 2.24) is 9.38 Å². The molecular formula is C7H3F2IN2. The van der Waals surface area contributed by atoms with Gasteiger partial charge in [0.1, 0.15) is 21.4 Å². The SMILES string of the molecule is Fc1cc(F)c2c(I)ncn2c1. The Bertz CT molecular complexity index is 438. The highest BCUT2D eigenvalue weighted by Gasteiger charge is 2.08. The van der Waals surface area contributed by atoms with E-state index in [-0.39, 0.29) is 0 Å². The molecule has 0 spiro atoms. The van der Waals surface area contributed by atoms with Crippen LogP contribution in [0.25, 0.3) is 5.52 Å². The number of rotatable bonds is 0. The lowest BCUT2D eigenvalue weighted by molar-refractivity contribution is 0.578. The number of pyridine rings is 1. The molecule has 0 aliphatic heterocycles. The van der Waals surface area contributed by atoms with Gasteiger partial charge in [-0.2, -0.15) is 0 Å². The Morgan fingerprint density at radius 1 is 1.42 bits per heavy atom. The number of fused-ring (bicyclic) bond motifs is 1. The Hall–Kier alpha value is -0.720. The molecule has 5 heteroatoms. The highest BCUT2D eigenvalue weighted by atomic mass is 127. The number of hydrogen-bond acceptors (Lipinski definition) is 1. The Morgan fingerprint density at radius 3 is 2.92 bits per heavy atom. The minimum atomic E-state index is -0.603. The molecule has 0 atom stereocenters. The third kappa shape index (κ3) is 1.08. The molecule has 2 heterocycles. The summed E-state index contributed by atoms with van der Waals surface area (Å²) in [4.78, 5) is 3.84. The van der Waals surface area contributed by atoms with E-state index in [1.54, 1.807) is 0 Å². The zero-order valence-corrected chi connectivity index (χ0v) is 7.92. The Kier molecular flexibility index (Phi) is 1.75. The fourth-order valence-electron chi connectivity index (χ4n) is 1.02. The first-order valence-electron chi connectivity index (χ1n) is 3.15. The summed E-state index contributed by atoms with van der Waals surface area (Å²) >= 11 is 1.90. The first-order chi connectivity index (χ1) is 5.68. The summed E-state index contributed by atoms with van der Waals surface area (Å²) in [5.74, 6) is -1.19. The minimum absolute atomic E-state index is 0.317. The third-order valence-corrected chi connectivity index (χ3v) is 2.29. The van der Waals surface area contributed by atoms with Gasteiger partial charge in [-0.1, -0.05) is 0 Å². The summed E-state index contributed by atoms with van der Waals surface area (Å²) in [7, 11) is 0. The molecule has 0 aromatic carbocycles. The van der Waals surface area contributed by atoms with Crippen molar-refractivity contribution in [3.63, 3.8) is 0 Å². The normalized spacial score (nSPS) is 10.9. The van der Waals surface area contributed by atoms with Crippen LogP contribution in [0.4, 0.5) is 8.78 Å².